The Morgan fingerprint density at radius 1 is 1.33 bits per heavy atom. The second kappa shape index (κ2) is 6.21. The van der Waals surface area contributed by atoms with Crippen LogP contribution in [0.3, 0.4) is 0 Å². The number of methoxy groups -OCH3 is 2. The van der Waals surface area contributed by atoms with Gasteiger partial charge >= 0.3 is 0 Å². The Kier molecular flexibility index (Phi) is 5.17. The summed E-state index contributed by atoms with van der Waals surface area (Å²) in [5.41, 5.74) is 8.36. The molecule has 2 N–H and O–H groups in total. The van der Waals surface area contributed by atoms with Crippen LogP contribution in [0, 0.1) is 6.92 Å². The number of benzene rings is 1. The molecular weight excluding hydrogens is 226 g/mol. The average Bonchev–Trinajstić information content (AvgIpc) is 2.38. The normalized spacial score (nSPS) is 16.1. The first-order chi connectivity index (χ1) is 8.46. The van der Waals surface area contributed by atoms with Crippen LogP contribution in [0.1, 0.15) is 31.4 Å². The molecule has 0 aromatic heterocycles. The zero-order chi connectivity index (χ0) is 13.8. The van der Waals surface area contributed by atoms with E-state index in [4.69, 9.17) is 15.2 Å². The minimum absolute atomic E-state index is 0.0526. The molecule has 1 aromatic carbocycles. The number of ether oxygens (including phenoxy) is 2. The standard InChI is InChI=1S/C15H25NO2/c1-6-15(3,18-5)14(16)10-12-9-11(2)7-8-13(12)17-4/h7-9,14H,6,10,16H2,1-5H3. The molecule has 3 heteroatoms. The fourth-order valence-corrected chi connectivity index (χ4v) is 2.08. The van der Waals surface area contributed by atoms with Crippen LogP contribution in [-0.4, -0.2) is 25.9 Å². The Hall–Kier alpha value is -1.06. The van der Waals surface area contributed by atoms with E-state index in [9.17, 15) is 0 Å². The quantitative estimate of drug-likeness (QED) is 0.845. The van der Waals surface area contributed by atoms with Gasteiger partial charge in [0.15, 0.2) is 0 Å². The van der Waals surface area contributed by atoms with Crippen molar-refractivity contribution in [3.05, 3.63) is 29.3 Å². The molecule has 1 rings (SSSR count). The largest absolute Gasteiger partial charge is 0.496 e. The molecule has 0 aliphatic heterocycles. The molecule has 0 aliphatic rings. The van der Waals surface area contributed by atoms with Crippen molar-refractivity contribution in [2.75, 3.05) is 14.2 Å². The smallest absolute Gasteiger partial charge is 0.122 e. The van der Waals surface area contributed by atoms with E-state index in [1.165, 1.54) is 5.56 Å². The van der Waals surface area contributed by atoms with Gasteiger partial charge in [-0.1, -0.05) is 24.6 Å². The summed E-state index contributed by atoms with van der Waals surface area (Å²) in [5.74, 6) is 0.894. The fraction of sp³-hybridized carbons (Fsp3) is 0.600. The lowest BCUT2D eigenvalue weighted by Gasteiger charge is -2.33. The van der Waals surface area contributed by atoms with E-state index in [-0.39, 0.29) is 11.6 Å². The maximum atomic E-state index is 6.30. The van der Waals surface area contributed by atoms with Gasteiger partial charge in [-0.3, -0.25) is 0 Å². The molecule has 3 nitrogen and oxygen atoms in total. The van der Waals surface area contributed by atoms with E-state index in [1.807, 2.05) is 12.1 Å². The highest BCUT2D eigenvalue weighted by molar-refractivity contribution is 5.37. The van der Waals surface area contributed by atoms with Crippen LogP contribution < -0.4 is 10.5 Å². The van der Waals surface area contributed by atoms with E-state index >= 15 is 0 Å². The number of hydrogen-bond acceptors (Lipinski definition) is 3. The van der Waals surface area contributed by atoms with Gasteiger partial charge in [-0.2, -0.15) is 0 Å². The van der Waals surface area contributed by atoms with Crippen molar-refractivity contribution in [3.8, 4) is 5.75 Å². The van der Waals surface area contributed by atoms with Crippen molar-refractivity contribution in [3.63, 3.8) is 0 Å². The lowest BCUT2D eigenvalue weighted by atomic mass is 9.88. The van der Waals surface area contributed by atoms with Crippen molar-refractivity contribution in [1.29, 1.82) is 0 Å². The molecule has 0 amide bonds. The Labute approximate surface area is 110 Å². The van der Waals surface area contributed by atoms with Gasteiger partial charge in [0.25, 0.3) is 0 Å². The Morgan fingerprint density at radius 2 is 2.00 bits per heavy atom. The van der Waals surface area contributed by atoms with Crippen LogP contribution in [0.5, 0.6) is 5.75 Å². The van der Waals surface area contributed by atoms with Crippen molar-refractivity contribution in [2.45, 2.75) is 45.3 Å². The molecule has 0 heterocycles. The minimum atomic E-state index is -0.297. The lowest BCUT2D eigenvalue weighted by molar-refractivity contribution is -0.0185. The summed E-state index contributed by atoms with van der Waals surface area (Å²) in [6, 6.07) is 6.12. The minimum Gasteiger partial charge on any atom is -0.496 e. The van der Waals surface area contributed by atoms with Gasteiger partial charge in [0.1, 0.15) is 5.75 Å². The summed E-state index contributed by atoms with van der Waals surface area (Å²) in [4.78, 5) is 0. The SMILES string of the molecule is CCC(C)(OC)C(N)Cc1cc(C)ccc1OC. The van der Waals surface area contributed by atoms with Crippen LogP contribution in [0.15, 0.2) is 18.2 Å². The van der Waals surface area contributed by atoms with Gasteiger partial charge in [0, 0.05) is 13.2 Å². The van der Waals surface area contributed by atoms with Crippen LogP contribution in [0.4, 0.5) is 0 Å². The third kappa shape index (κ3) is 3.24. The average molecular weight is 251 g/mol. The zero-order valence-corrected chi connectivity index (χ0v) is 12.1. The summed E-state index contributed by atoms with van der Waals surface area (Å²) in [7, 11) is 3.41. The molecule has 0 radical (unpaired) electrons. The molecule has 0 fully saturated rings. The van der Waals surface area contributed by atoms with E-state index in [0.29, 0.717) is 0 Å². The Balaban J connectivity index is 2.93. The second-order valence-corrected chi connectivity index (χ2v) is 5.00. The highest BCUT2D eigenvalue weighted by atomic mass is 16.5. The molecule has 2 unspecified atom stereocenters. The molecule has 0 saturated carbocycles. The number of rotatable bonds is 6. The van der Waals surface area contributed by atoms with Crippen LogP contribution in [0.2, 0.25) is 0 Å². The first-order valence-electron chi connectivity index (χ1n) is 6.41. The molecule has 2 atom stereocenters. The molecule has 0 bridgehead atoms. The van der Waals surface area contributed by atoms with Gasteiger partial charge in [-0.25, -0.2) is 0 Å². The third-order valence-corrected chi connectivity index (χ3v) is 3.83. The van der Waals surface area contributed by atoms with Gasteiger partial charge in [-0.05, 0) is 38.3 Å². The number of aryl methyl sites for hydroxylation is 1. The molecular formula is C15H25NO2. The third-order valence-electron chi connectivity index (χ3n) is 3.83. The molecule has 0 aliphatic carbocycles. The van der Waals surface area contributed by atoms with Crippen molar-refractivity contribution < 1.29 is 9.47 Å². The van der Waals surface area contributed by atoms with Gasteiger partial charge in [-0.15, -0.1) is 0 Å². The monoisotopic (exact) mass is 251 g/mol. The number of nitrogens with two attached hydrogens (primary N) is 1. The van der Waals surface area contributed by atoms with Crippen LogP contribution in [0.25, 0.3) is 0 Å². The van der Waals surface area contributed by atoms with E-state index in [1.54, 1.807) is 14.2 Å². The van der Waals surface area contributed by atoms with E-state index < -0.39 is 0 Å². The zero-order valence-electron chi connectivity index (χ0n) is 12.1. The summed E-state index contributed by atoms with van der Waals surface area (Å²) in [5, 5.41) is 0. The maximum absolute atomic E-state index is 6.30. The topological polar surface area (TPSA) is 44.5 Å². The highest BCUT2D eigenvalue weighted by Gasteiger charge is 2.30. The van der Waals surface area contributed by atoms with E-state index in [2.05, 4.69) is 26.8 Å². The second-order valence-electron chi connectivity index (χ2n) is 5.00. The van der Waals surface area contributed by atoms with Crippen molar-refractivity contribution >= 4 is 0 Å². The Morgan fingerprint density at radius 3 is 2.50 bits per heavy atom. The summed E-state index contributed by atoms with van der Waals surface area (Å²) in [6.45, 7) is 6.22. The molecule has 1 aromatic rings. The van der Waals surface area contributed by atoms with Gasteiger partial charge < -0.3 is 15.2 Å². The lowest BCUT2D eigenvalue weighted by Crippen LogP contribution is -2.48. The fourth-order valence-electron chi connectivity index (χ4n) is 2.08. The molecule has 0 saturated heterocycles. The summed E-state index contributed by atoms with van der Waals surface area (Å²) >= 11 is 0. The molecule has 0 spiro atoms. The van der Waals surface area contributed by atoms with E-state index in [0.717, 1.165) is 24.2 Å². The first kappa shape index (κ1) is 15.0. The van der Waals surface area contributed by atoms with Crippen molar-refractivity contribution in [1.82, 2.24) is 0 Å². The maximum Gasteiger partial charge on any atom is 0.122 e. The van der Waals surface area contributed by atoms with Crippen molar-refractivity contribution in [2.24, 2.45) is 5.73 Å². The highest BCUT2D eigenvalue weighted by Crippen LogP contribution is 2.26. The van der Waals surface area contributed by atoms with Crippen LogP contribution >= 0.6 is 0 Å². The molecule has 18 heavy (non-hydrogen) atoms. The number of hydrogen-bond donors (Lipinski definition) is 1. The predicted octanol–water partition coefficient (Wildman–Crippen LogP) is 2.69. The first-order valence-corrected chi connectivity index (χ1v) is 6.41. The predicted molar refractivity (Wildman–Crippen MR) is 75.1 cm³/mol. The Bertz CT molecular complexity index is 386. The molecule has 102 valence electrons. The van der Waals surface area contributed by atoms with Gasteiger partial charge in [0.2, 0.25) is 0 Å². The van der Waals surface area contributed by atoms with Gasteiger partial charge in [0.05, 0.1) is 12.7 Å². The summed E-state index contributed by atoms with van der Waals surface area (Å²) in [6.07, 6.45) is 1.64. The van der Waals surface area contributed by atoms with Crippen LogP contribution in [-0.2, 0) is 11.2 Å². The summed E-state index contributed by atoms with van der Waals surface area (Å²) < 4.78 is 10.9.